The number of anilines is 3. The number of hydrogen-bond donors (Lipinski definition) is 4. The highest BCUT2D eigenvalue weighted by atomic mass is 35.5. The molecule has 5 rings (SSSR count). The van der Waals surface area contributed by atoms with Crippen molar-refractivity contribution in [2.75, 3.05) is 22.5 Å². The normalized spacial score (nSPS) is 18.8. The smallest absolute Gasteiger partial charge is 0.326 e. The first kappa shape index (κ1) is 20.3. The SMILES string of the molecule is Nc1cc(NC(=O)N2C[C@@H](O)c3ccccc32)c2c(c1)C(=O)N[C@@H]2c1cc(F)ccc1Cl. The molecule has 0 saturated carbocycles. The standard InChI is InChI=1S/C23H18ClFN4O3/c24-16-6-5-11(25)7-14(16)21-20-15(22(31)28-21)8-12(26)9-17(20)27-23(32)29-10-19(30)13-3-1-2-4-18(13)29/h1-9,19,21,30H,10,26H2,(H,27,32)(H,28,31)/t19-,21-/m1/s1. The number of nitrogen functional groups attached to an aromatic ring is 1. The molecular formula is C23H18ClFN4O3. The number of hydrogen-bond acceptors (Lipinski definition) is 4. The summed E-state index contributed by atoms with van der Waals surface area (Å²) in [5.41, 5.74) is 8.89. The van der Waals surface area contributed by atoms with E-state index in [4.69, 9.17) is 17.3 Å². The molecule has 9 heteroatoms. The number of carbonyl (C=O) groups excluding carboxylic acids is 2. The lowest BCUT2D eigenvalue weighted by atomic mass is 9.95. The minimum atomic E-state index is -0.800. The third-order valence-electron chi connectivity index (χ3n) is 5.71. The van der Waals surface area contributed by atoms with Gasteiger partial charge in [-0.2, -0.15) is 0 Å². The molecular weight excluding hydrogens is 435 g/mol. The summed E-state index contributed by atoms with van der Waals surface area (Å²) in [4.78, 5) is 27.2. The number of aliphatic hydroxyl groups is 1. The van der Waals surface area contributed by atoms with Gasteiger partial charge in [-0.15, -0.1) is 0 Å². The molecule has 3 aromatic carbocycles. The predicted octanol–water partition coefficient (Wildman–Crippen LogP) is 3.98. The van der Waals surface area contributed by atoms with E-state index in [1.54, 1.807) is 24.3 Å². The van der Waals surface area contributed by atoms with E-state index in [1.165, 1.54) is 35.2 Å². The second-order valence-electron chi connectivity index (χ2n) is 7.72. The van der Waals surface area contributed by atoms with Crippen LogP contribution < -0.4 is 21.3 Å². The molecule has 2 aliphatic heterocycles. The zero-order valence-corrected chi connectivity index (χ0v) is 17.4. The van der Waals surface area contributed by atoms with Crippen LogP contribution in [-0.2, 0) is 0 Å². The molecule has 2 heterocycles. The van der Waals surface area contributed by atoms with Gasteiger partial charge in [-0.05, 0) is 36.4 Å². The van der Waals surface area contributed by atoms with E-state index in [2.05, 4.69) is 10.6 Å². The summed E-state index contributed by atoms with van der Waals surface area (Å²) in [5, 5.41) is 16.2. The predicted molar refractivity (Wildman–Crippen MR) is 119 cm³/mol. The van der Waals surface area contributed by atoms with E-state index in [0.29, 0.717) is 28.1 Å². The van der Waals surface area contributed by atoms with Gasteiger partial charge in [0, 0.05) is 33.0 Å². The van der Waals surface area contributed by atoms with Crippen molar-refractivity contribution in [1.82, 2.24) is 5.32 Å². The van der Waals surface area contributed by atoms with Gasteiger partial charge in [-0.3, -0.25) is 9.69 Å². The number of rotatable bonds is 2. The molecule has 32 heavy (non-hydrogen) atoms. The van der Waals surface area contributed by atoms with E-state index in [-0.39, 0.29) is 22.8 Å². The average molecular weight is 453 g/mol. The Morgan fingerprint density at radius 3 is 2.78 bits per heavy atom. The molecule has 2 aliphatic rings. The number of urea groups is 1. The van der Waals surface area contributed by atoms with Gasteiger partial charge in [0.25, 0.3) is 5.91 Å². The zero-order chi connectivity index (χ0) is 22.6. The third kappa shape index (κ3) is 3.24. The molecule has 3 aromatic rings. The third-order valence-corrected chi connectivity index (χ3v) is 6.05. The Labute approximate surface area is 187 Å². The number of nitrogens with two attached hydrogens (primary N) is 1. The van der Waals surface area contributed by atoms with Crippen LogP contribution in [0.1, 0.15) is 39.2 Å². The minimum absolute atomic E-state index is 0.0893. The highest BCUT2D eigenvalue weighted by molar-refractivity contribution is 6.31. The Kier molecular flexibility index (Phi) is 4.76. The number of aliphatic hydroxyl groups excluding tert-OH is 1. The molecule has 7 nitrogen and oxygen atoms in total. The number of nitrogens with zero attached hydrogens (tertiary/aromatic N) is 1. The monoisotopic (exact) mass is 452 g/mol. The summed E-state index contributed by atoms with van der Waals surface area (Å²) < 4.78 is 13.9. The number of amides is 3. The highest BCUT2D eigenvalue weighted by Crippen LogP contribution is 2.41. The molecule has 0 radical (unpaired) electrons. The number of para-hydroxylation sites is 1. The summed E-state index contributed by atoms with van der Waals surface area (Å²) in [5.74, 6) is -0.911. The summed E-state index contributed by atoms with van der Waals surface area (Å²) in [6, 6.07) is 12.7. The lowest BCUT2D eigenvalue weighted by Gasteiger charge is -2.22. The van der Waals surface area contributed by atoms with Crippen LogP contribution in [0.5, 0.6) is 0 Å². The maximum atomic E-state index is 13.9. The first-order valence-corrected chi connectivity index (χ1v) is 10.3. The molecule has 2 atom stereocenters. The Morgan fingerprint density at radius 1 is 1.19 bits per heavy atom. The Bertz CT molecular complexity index is 1280. The van der Waals surface area contributed by atoms with Crippen LogP contribution >= 0.6 is 11.6 Å². The van der Waals surface area contributed by atoms with Crippen LogP contribution in [0.2, 0.25) is 5.02 Å². The highest BCUT2D eigenvalue weighted by Gasteiger charge is 2.36. The van der Waals surface area contributed by atoms with Crippen molar-refractivity contribution in [3.8, 4) is 0 Å². The Hall–Kier alpha value is -3.62. The fraction of sp³-hybridized carbons (Fsp3) is 0.130. The van der Waals surface area contributed by atoms with Crippen molar-refractivity contribution < 1.29 is 19.1 Å². The number of nitrogens with one attached hydrogen (secondary N) is 2. The van der Waals surface area contributed by atoms with Crippen LogP contribution in [0.3, 0.4) is 0 Å². The van der Waals surface area contributed by atoms with Crippen molar-refractivity contribution in [3.05, 3.63) is 87.7 Å². The van der Waals surface area contributed by atoms with Crippen LogP contribution in [0.15, 0.2) is 54.6 Å². The van der Waals surface area contributed by atoms with Gasteiger partial charge in [-0.1, -0.05) is 29.8 Å². The molecule has 0 fully saturated rings. The summed E-state index contributed by atoms with van der Waals surface area (Å²) in [7, 11) is 0. The van der Waals surface area contributed by atoms with Gasteiger partial charge in [-0.25, -0.2) is 9.18 Å². The topological polar surface area (TPSA) is 108 Å². The van der Waals surface area contributed by atoms with Crippen molar-refractivity contribution in [3.63, 3.8) is 0 Å². The van der Waals surface area contributed by atoms with Crippen LogP contribution in [-0.4, -0.2) is 23.6 Å². The first-order chi connectivity index (χ1) is 15.3. The fourth-order valence-electron chi connectivity index (χ4n) is 4.29. The molecule has 0 aliphatic carbocycles. The summed E-state index contributed by atoms with van der Waals surface area (Å²) >= 11 is 6.29. The molecule has 0 saturated heterocycles. The van der Waals surface area contributed by atoms with Gasteiger partial charge in [0.2, 0.25) is 0 Å². The van der Waals surface area contributed by atoms with Crippen molar-refractivity contribution in [2.45, 2.75) is 12.1 Å². The molecule has 162 valence electrons. The number of carbonyl (C=O) groups is 2. The second-order valence-corrected chi connectivity index (χ2v) is 8.12. The second kappa shape index (κ2) is 7.51. The molecule has 5 N–H and O–H groups in total. The van der Waals surface area contributed by atoms with E-state index < -0.39 is 29.9 Å². The minimum Gasteiger partial charge on any atom is -0.399 e. The van der Waals surface area contributed by atoms with Gasteiger partial charge >= 0.3 is 6.03 Å². The van der Waals surface area contributed by atoms with Crippen molar-refractivity contribution >= 4 is 40.6 Å². The maximum Gasteiger partial charge on any atom is 0.326 e. The van der Waals surface area contributed by atoms with Crippen LogP contribution in [0.25, 0.3) is 0 Å². The first-order valence-electron chi connectivity index (χ1n) is 9.88. The Balaban J connectivity index is 1.55. The van der Waals surface area contributed by atoms with Gasteiger partial charge < -0.3 is 21.5 Å². The zero-order valence-electron chi connectivity index (χ0n) is 16.6. The number of halogens is 2. The molecule has 0 bridgehead atoms. The van der Waals surface area contributed by atoms with E-state index >= 15 is 0 Å². The number of benzene rings is 3. The summed E-state index contributed by atoms with van der Waals surface area (Å²) in [6.45, 7) is 0.0893. The number of β-amino-alcohol motifs (C(OH)–C–C–N with tert-alkyl or cyclic N) is 1. The molecule has 0 aromatic heterocycles. The van der Waals surface area contributed by atoms with Gasteiger partial charge in [0.15, 0.2) is 0 Å². The summed E-state index contributed by atoms with van der Waals surface area (Å²) in [6.07, 6.45) is -0.800. The number of fused-ring (bicyclic) bond motifs is 2. The average Bonchev–Trinajstić information content (AvgIpc) is 3.27. The fourth-order valence-corrected chi connectivity index (χ4v) is 4.51. The van der Waals surface area contributed by atoms with Crippen LogP contribution in [0.4, 0.5) is 26.2 Å². The maximum absolute atomic E-state index is 13.9. The van der Waals surface area contributed by atoms with Crippen molar-refractivity contribution in [1.29, 1.82) is 0 Å². The van der Waals surface area contributed by atoms with Gasteiger partial charge in [0.1, 0.15) is 5.82 Å². The largest absolute Gasteiger partial charge is 0.399 e. The van der Waals surface area contributed by atoms with E-state index in [0.717, 1.165) is 0 Å². The quantitative estimate of drug-likeness (QED) is 0.441. The Morgan fingerprint density at radius 2 is 1.97 bits per heavy atom. The van der Waals surface area contributed by atoms with Crippen LogP contribution in [0, 0.1) is 5.82 Å². The lowest BCUT2D eigenvalue weighted by Crippen LogP contribution is -2.34. The van der Waals surface area contributed by atoms with Crippen molar-refractivity contribution in [2.24, 2.45) is 0 Å². The molecule has 0 spiro atoms. The molecule has 3 amide bonds. The lowest BCUT2D eigenvalue weighted by molar-refractivity contribution is 0.0960. The van der Waals surface area contributed by atoms with E-state index in [1.807, 2.05) is 0 Å². The molecule has 0 unspecified atom stereocenters. The van der Waals surface area contributed by atoms with Gasteiger partial charge in [0.05, 0.1) is 30.1 Å². The van der Waals surface area contributed by atoms with E-state index in [9.17, 15) is 19.1 Å².